The molecule has 0 amide bonds. The van der Waals surface area contributed by atoms with E-state index in [1.807, 2.05) is 17.8 Å². The van der Waals surface area contributed by atoms with Gasteiger partial charge in [-0.1, -0.05) is 18.2 Å². The lowest BCUT2D eigenvalue weighted by Crippen LogP contribution is -2.14. The summed E-state index contributed by atoms with van der Waals surface area (Å²) in [5.74, 6) is 0. The quantitative estimate of drug-likeness (QED) is 0.752. The average molecular weight is 243 g/mol. The molecule has 0 saturated heterocycles. The van der Waals surface area contributed by atoms with E-state index in [1.54, 1.807) is 17.5 Å². The number of fused-ring (bicyclic) bond motifs is 1. The second-order valence-corrected chi connectivity index (χ2v) is 5.16. The molecule has 2 N–H and O–H groups in total. The number of aryl methyl sites for hydroxylation is 1. The first-order valence-electron chi connectivity index (χ1n) is 5.47. The van der Waals surface area contributed by atoms with Gasteiger partial charge in [0.05, 0.1) is 11.7 Å². The summed E-state index contributed by atoms with van der Waals surface area (Å²) in [6.45, 7) is 0. The molecule has 1 aromatic carbocycles. The van der Waals surface area contributed by atoms with Crippen LogP contribution in [-0.4, -0.2) is 9.78 Å². The summed E-state index contributed by atoms with van der Waals surface area (Å²) in [5.41, 5.74) is 7.31. The van der Waals surface area contributed by atoms with Gasteiger partial charge >= 0.3 is 0 Å². The first-order valence-corrected chi connectivity index (χ1v) is 6.29. The Morgan fingerprint density at radius 3 is 2.82 bits per heavy atom. The summed E-state index contributed by atoms with van der Waals surface area (Å²) in [5, 5.41) is 5.41. The van der Waals surface area contributed by atoms with E-state index in [9.17, 15) is 0 Å². The van der Waals surface area contributed by atoms with Crippen molar-refractivity contribution in [3.63, 3.8) is 0 Å². The van der Waals surface area contributed by atoms with Gasteiger partial charge in [-0.2, -0.15) is 5.10 Å². The van der Waals surface area contributed by atoms with Crippen LogP contribution in [0.1, 0.15) is 16.6 Å². The highest BCUT2D eigenvalue weighted by Gasteiger charge is 2.14. The number of nitrogens with zero attached hydrogens (tertiary/aromatic N) is 2. The SMILES string of the molecule is Cn1nccc1C(N)c1cc2ccccc2s1. The van der Waals surface area contributed by atoms with Gasteiger partial charge in [0.2, 0.25) is 0 Å². The first-order chi connectivity index (χ1) is 8.25. The zero-order valence-electron chi connectivity index (χ0n) is 9.50. The molecule has 3 rings (SSSR count). The normalized spacial score (nSPS) is 13.1. The molecule has 0 aliphatic heterocycles. The Hall–Kier alpha value is -1.65. The lowest BCUT2D eigenvalue weighted by Gasteiger charge is -2.09. The van der Waals surface area contributed by atoms with Gasteiger partial charge in [-0.15, -0.1) is 11.3 Å². The van der Waals surface area contributed by atoms with Crippen molar-refractivity contribution in [2.75, 3.05) is 0 Å². The molecule has 0 fully saturated rings. The molecule has 2 heterocycles. The number of benzene rings is 1. The van der Waals surface area contributed by atoms with Crippen molar-refractivity contribution in [2.24, 2.45) is 12.8 Å². The maximum absolute atomic E-state index is 6.28. The van der Waals surface area contributed by atoms with Crippen molar-refractivity contribution >= 4 is 21.4 Å². The van der Waals surface area contributed by atoms with Crippen LogP contribution in [-0.2, 0) is 7.05 Å². The lowest BCUT2D eigenvalue weighted by atomic mass is 10.1. The molecule has 1 unspecified atom stereocenters. The second kappa shape index (κ2) is 3.98. The molecular formula is C13H13N3S. The van der Waals surface area contributed by atoms with Crippen molar-refractivity contribution in [2.45, 2.75) is 6.04 Å². The smallest absolute Gasteiger partial charge is 0.0817 e. The van der Waals surface area contributed by atoms with E-state index in [0.717, 1.165) is 5.69 Å². The minimum Gasteiger partial charge on any atom is -0.318 e. The van der Waals surface area contributed by atoms with Gasteiger partial charge in [0.25, 0.3) is 0 Å². The Kier molecular flexibility index (Phi) is 2.46. The highest BCUT2D eigenvalue weighted by Crippen LogP contribution is 2.31. The third-order valence-corrected chi connectivity index (χ3v) is 4.13. The van der Waals surface area contributed by atoms with Crippen LogP contribution in [0.15, 0.2) is 42.6 Å². The Bertz CT molecular complexity index is 620. The van der Waals surface area contributed by atoms with Crippen LogP contribution < -0.4 is 5.73 Å². The maximum atomic E-state index is 6.28. The van der Waals surface area contributed by atoms with E-state index in [1.165, 1.54) is 15.0 Å². The van der Waals surface area contributed by atoms with Gasteiger partial charge < -0.3 is 5.73 Å². The fourth-order valence-corrected chi connectivity index (χ4v) is 3.07. The number of rotatable bonds is 2. The molecule has 1 atom stereocenters. The largest absolute Gasteiger partial charge is 0.318 e. The van der Waals surface area contributed by atoms with Crippen LogP contribution in [0.4, 0.5) is 0 Å². The van der Waals surface area contributed by atoms with E-state index in [4.69, 9.17) is 5.73 Å². The zero-order chi connectivity index (χ0) is 11.8. The monoisotopic (exact) mass is 243 g/mol. The Labute approximate surface area is 103 Å². The Balaban J connectivity index is 2.07. The topological polar surface area (TPSA) is 43.8 Å². The molecule has 0 saturated carbocycles. The van der Waals surface area contributed by atoms with Gasteiger partial charge in [-0.25, -0.2) is 0 Å². The van der Waals surface area contributed by atoms with Crippen molar-refractivity contribution in [3.05, 3.63) is 53.2 Å². The standard InChI is InChI=1S/C13H13N3S/c1-16-10(6-7-15-16)13(14)12-8-9-4-2-3-5-11(9)17-12/h2-8,13H,14H2,1H3. The molecule has 0 spiro atoms. The van der Waals surface area contributed by atoms with E-state index in [0.29, 0.717) is 0 Å². The molecule has 3 nitrogen and oxygen atoms in total. The number of hydrogen-bond acceptors (Lipinski definition) is 3. The van der Waals surface area contributed by atoms with Crippen LogP contribution in [0.2, 0.25) is 0 Å². The van der Waals surface area contributed by atoms with Crippen LogP contribution in [0, 0.1) is 0 Å². The molecule has 86 valence electrons. The highest BCUT2D eigenvalue weighted by molar-refractivity contribution is 7.19. The summed E-state index contributed by atoms with van der Waals surface area (Å²) in [4.78, 5) is 1.18. The van der Waals surface area contributed by atoms with Gasteiger partial charge in [0, 0.05) is 22.8 Å². The van der Waals surface area contributed by atoms with E-state index in [2.05, 4.69) is 35.4 Å². The highest BCUT2D eigenvalue weighted by atomic mass is 32.1. The minimum absolute atomic E-state index is 0.0973. The third kappa shape index (κ3) is 1.75. The zero-order valence-corrected chi connectivity index (χ0v) is 10.3. The summed E-state index contributed by atoms with van der Waals surface area (Å²) in [6.07, 6.45) is 1.78. The molecule has 0 bridgehead atoms. The van der Waals surface area contributed by atoms with Crippen molar-refractivity contribution in [3.8, 4) is 0 Å². The molecule has 3 aromatic rings. The summed E-state index contributed by atoms with van der Waals surface area (Å²) in [6, 6.07) is 12.4. The molecule has 0 aliphatic rings. The van der Waals surface area contributed by atoms with Crippen LogP contribution in [0.3, 0.4) is 0 Å². The van der Waals surface area contributed by atoms with Crippen LogP contribution in [0.5, 0.6) is 0 Å². The Morgan fingerprint density at radius 1 is 1.29 bits per heavy atom. The van der Waals surface area contributed by atoms with E-state index >= 15 is 0 Å². The number of aromatic nitrogens is 2. The summed E-state index contributed by atoms with van der Waals surface area (Å²) < 4.78 is 3.11. The molecule has 0 aliphatic carbocycles. The molecule has 4 heteroatoms. The molecule has 2 aromatic heterocycles. The fraction of sp³-hybridized carbons (Fsp3) is 0.154. The van der Waals surface area contributed by atoms with Gasteiger partial charge in [-0.3, -0.25) is 4.68 Å². The fourth-order valence-electron chi connectivity index (χ4n) is 1.99. The van der Waals surface area contributed by atoms with Gasteiger partial charge in [0.15, 0.2) is 0 Å². The minimum atomic E-state index is -0.0973. The van der Waals surface area contributed by atoms with Crippen LogP contribution >= 0.6 is 11.3 Å². The van der Waals surface area contributed by atoms with E-state index < -0.39 is 0 Å². The molecular weight excluding hydrogens is 230 g/mol. The average Bonchev–Trinajstić information content (AvgIpc) is 2.93. The number of hydrogen-bond donors (Lipinski definition) is 1. The Morgan fingerprint density at radius 2 is 2.12 bits per heavy atom. The van der Waals surface area contributed by atoms with E-state index in [-0.39, 0.29) is 6.04 Å². The summed E-state index contributed by atoms with van der Waals surface area (Å²) >= 11 is 1.75. The predicted molar refractivity (Wildman–Crippen MR) is 71.1 cm³/mol. The van der Waals surface area contributed by atoms with Crippen molar-refractivity contribution in [1.82, 2.24) is 9.78 Å². The third-order valence-electron chi connectivity index (χ3n) is 2.93. The number of nitrogens with two attached hydrogens (primary N) is 1. The lowest BCUT2D eigenvalue weighted by molar-refractivity contribution is 0.678. The van der Waals surface area contributed by atoms with Crippen molar-refractivity contribution in [1.29, 1.82) is 0 Å². The van der Waals surface area contributed by atoms with Gasteiger partial charge in [-0.05, 0) is 23.6 Å². The number of thiophene rings is 1. The maximum Gasteiger partial charge on any atom is 0.0817 e. The van der Waals surface area contributed by atoms with Gasteiger partial charge in [0.1, 0.15) is 0 Å². The first kappa shape index (κ1) is 10.5. The molecule has 0 radical (unpaired) electrons. The summed E-state index contributed by atoms with van der Waals surface area (Å²) in [7, 11) is 1.92. The molecule has 17 heavy (non-hydrogen) atoms. The second-order valence-electron chi connectivity index (χ2n) is 4.04. The van der Waals surface area contributed by atoms with Crippen molar-refractivity contribution < 1.29 is 0 Å². The van der Waals surface area contributed by atoms with Crippen LogP contribution in [0.25, 0.3) is 10.1 Å². The predicted octanol–water partition coefficient (Wildman–Crippen LogP) is 2.68.